The number of esters is 1. The lowest BCUT2D eigenvalue weighted by molar-refractivity contribution is 0.0600. The van der Waals surface area contributed by atoms with Gasteiger partial charge in [-0.05, 0) is 49.4 Å². The Morgan fingerprint density at radius 2 is 1.68 bits per heavy atom. The second-order valence-corrected chi connectivity index (χ2v) is 5.92. The van der Waals surface area contributed by atoms with Crippen molar-refractivity contribution in [2.45, 2.75) is 6.92 Å². The molecule has 0 bridgehead atoms. The molecule has 0 fully saturated rings. The zero-order valence-electron chi connectivity index (χ0n) is 15.3. The Labute approximate surface area is 161 Å². The first kappa shape index (κ1) is 18.8. The van der Waals surface area contributed by atoms with Gasteiger partial charge in [0.15, 0.2) is 0 Å². The maximum absolute atomic E-state index is 11.5. The van der Waals surface area contributed by atoms with Crippen LogP contribution in [0.25, 0.3) is 0 Å². The number of aryl methyl sites for hydroxylation is 1. The molecule has 2 aromatic carbocycles. The van der Waals surface area contributed by atoms with Crippen molar-refractivity contribution in [2.75, 3.05) is 17.7 Å². The number of rotatable bonds is 6. The molecule has 3 N–H and O–H groups in total. The molecule has 0 aliphatic rings. The number of carbonyl (C=O) groups excluding carboxylic acids is 1. The SMILES string of the molecule is COC(=O)c1ccc(Nc2nc(C)cc(Nc3cccc(C(=O)O)c3)n2)cc1. The van der Waals surface area contributed by atoms with Crippen molar-refractivity contribution in [3.8, 4) is 0 Å². The number of aromatic carboxylic acids is 1. The lowest BCUT2D eigenvalue weighted by Crippen LogP contribution is -2.04. The van der Waals surface area contributed by atoms with E-state index in [2.05, 4.69) is 25.3 Å². The predicted molar refractivity (Wildman–Crippen MR) is 105 cm³/mol. The van der Waals surface area contributed by atoms with Crippen molar-refractivity contribution in [2.24, 2.45) is 0 Å². The van der Waals surface area contributed by atoms with Crippen molar-refractivity contribution in [1.29, 1.82) is 0 Å². The number of methoxy groups -OCH3 is 1. The van der Waals surface area contributed by atoms with Crippen molar-refractivity contribution in [3.05, 3.63) is 71.4 Å². The van der Waals surface area contributed by atoms with E-state index in [1.165, 1.54) is 19.2 Å². The number of ether oxygens (including phenoxy) is 1. The minimum atomic E-state index is -1.000. The van der Waals surface area contributed by atoms with Gasteiger partial charge in [-0.25, -0.2) is 14.6 Å². The Bertz CT molecular complexity index is 1020. The molecule has 0 unspecified atom stereocenters. The summed E-state index contributed by atoms with van der Waals surface area (Å²) < 4.78 is 4.68. The maximum Gasteiger partial charge on any atom is 0.337 e. The summed E-state index contributed by atoms with van der Waals surface area (Å²) in [7, 11) is 1.33. The number of carboxylic acids is 1. The highest BCUT2D eigenvalue weighted by atomic mass is 16.5. The Hall–Kier alpha value is -3.94. The van der Waals surface area contributed by atoms with Crippen LogP contribution in [-0.2, 0) is 4.74 Å². The zero-order chi connectivity index (χ0) is 20.1. The van der Waals surface area contributed by atoms with E-state index in [0.717, 1.165) is 5.69 Å². The Morgan fingerprint density at radius 1 is 0.929 bits per heavy atom. The number of aromatic nitrogens is 2. The van der Waals surface area contributed by atoms with Gasteiger partial charge >= 0.3 is 11.9 Å². The molecule has 0 radical (unpaired) electrons. The molecule has 3 rings (SSSR count). The van der Waals surface area contributed by atoms with Crippen molar-refractivity contribution < 1.29 is 19.4 Å². The fourth-order valence-corrected chi connectivity index (χ4v) is 2.50. The van der Waals surface area contributed by atoms with Gasteiger partial charge in [-0.2, -0.15) is 4.98 Å². The number of anilines is 4. The number of carbonyl (C=O) groups is 2. The normalized spacial score (nSPS) is 10.2. The van der Waals surface area contributed by atoms with Crippen LogP contribution in [0.1, 0.15) is 26.4 Å². The van der Waals surface area contributed by atoms with Crippen LogP contribution in [0.4, 0.5) is 23.1 Å². The fraction of sp³-hybridized carbons (Fsp3) is 0.100. The molecule has 3 aromatic rings. The number of hydrogen-bond donors (Lipinski definition) is 3. The molecule has 8 heteroatoms. The summed E-state index contributed by atoms with van der Waals surface area (Å²) in [6, 6.07) is 14.9. The van der Waals surface area contributed by atoms with Crippen LogP contribution in [0.5, 0.6) is 0 Å². The summed E-state index contributed by atoms with van der Waals surface area (Å²) in [4.78, 5) is 31.4. The third kappa shape index (κ3) is 4.61. The van der Waals surface area contributed by atoms with Gasteiger partial charge in [0.1, 0.15) is 5.82 Å². The summed E-state index contributed by atoms with van der Waals surface area (Å²) in [5.41, 5.74) is 2.66. The van der Waals surface area contributed by atoms with E-state index in [1.54, 1.807) is 42.5 Å². The van der Waals surface area contributed by atoms with Gasteiger partial charge in [-0.3, -0.25) is 0 Å². The van der Waals surface area contributed by atoms with Crippen molar-refractivity contribution >= 4 is 35.1 Å². The zero-order valence-corrected chi connectivity index (χ0v) is 15.3. The van der Waals surface area contributed by atoms with Crippen LogP contribution in [-0.4, -0.2) is 34.1 Å². The second-order valence-electron chi connectivity index (χ2n) is 5.92. The second kappa shape index (κ2) is 8.17. The van der Waals surface area contributed by atoms with E-state index in [4.69, 9.17) is 5.11 Å². The number of carboxylic acid groups (broad SMARTS) is 1. The molecule has 1 aromatic heterocycles. The number of nitrogens with zero attached hydrogens (tertiary/aromatic N) is 2. The van der Waals surface area contributed by atoms with Gasteiger partial charge in [0.05, 0.1) is 18.2 Å². The molecule has 0 aliphatic carbocycles. The van der Waals surface area contributed by atoms with Crippen LogP contribution < -0.4 is 10.6 Å². The topological polar surface area (TPSA) is 113 Å². The average Bonchev–Trinajstić information content (AvgIpc) is 2.67. The molecule has 0 aliphatic heterocycles. The molecule has 1 heterocycles. The molecule has 28 heavy (non-hydrogen) atoms. The number of hydrogen-bond acceptors (Lipinski definition) is 7. The van der Waals surface area contributed by atoms with E-state index < -0.39 is 11.9 Å². The lowest BCUT2D eigenvalue weighted by atomic mass is 10.2. The predicted octanol–water partition coefficient (Wildman–Crippen LogP) is 3.76. The first-order valence-electron chi connectivity index (χ1n) is 8.36. The Morgan fingerprint density at radius 3 is 2.36 bits per heavy atom. The minimum Gasteiger partial charge on any atom is -0.478 e. The molecule has 8 nitrogen and oxygen atoms in total. The first-order chi connectivity index (χ1) is 13.4. The highest BCUT2D eigenvalue weighted by Gasteiger charge is 2.08. The van der Waals surface area contributed by atoms with Crippen LogP contribution in [0.15, 0.2) is 54.6 Å². The van der Waals surface area contributed by atoms with E-state index in [0.29, 0.717) is 28.7 Å². The van der Waals surface area contributed by atoms with E-state index in [9.17, 15) is 9.59 Å². The summed E-state index contributed by atoms with van der Waals surface area (Å²) in [6.45, 7) is 1.83. The van der Waals surface area contributed by atoms with Gasteiger partial charge in [0.2, 0.25) is 5.95 Å². The van der Waals surface area contributed by atoms with E-state index in [-0.39, 0.29) is 5.56 Å². The summed E-state index contributed by atoms with van der Waals surface area (Å²) in [5, 5.41) is 15.3. The first-order valence-corrected chi connectivity index (χ1v) is 8.36. The molecule has 0 amide bonds. The van der Waals surface area contributed by atoms with Gasteiger partial charge in [0, 0.05) is 23.1 Å². The number of benzene rings is 2. The van der Waals surface area contributed by atoms with Crippen LogP contribution in [0.2, 0.25) is 0 Å². The molecule has 0 saturated carbocycles. The van der Waals surface area contributed by atoms with Gasteiger partial charge in [-0.15, -0.1) is 0 Å². The molecule has 0 spiro atoms. The van der Waals surface area contributed by atoms with Crippen LogP contribution in [0, 0.1) is 6.92 Å². The monoisotopic (exact) mass is 378 g/mol. The van der Waals surface area contributed by atoms with Crippen molar-refractivity contribution in [1.82, 2.24) is 9.97 Å². The quantitative estimate of drug-likeness (QED) is 0.556. The largest absolute Gasteiger partial charge is 0.478 e. The van der Waals surface area contributed by atoms with E-state index in [1.807, 2.05) is 6.92 Å². The van der Waals surface area contributed by atoms with Crippen molar-refractivity contribution in [3.63, 3.8) is 0 Å². The van der Waals surface area contributed by atoms with Gasteiger partial charge in [-0.1, -0.05) is 6.07 Å². The van der Waals surface area contributed by atoms with Gasteiger partial charge in [0.25, 0.3) is 0 Å². The third-order valence-corrected chi connectivity index (χ3v) is 3.80. The maximum atomic E-state index is 11.5. The Balaban J connectivity index is 1.79. The molecular weight excluding hydrogens is 360 g/mol. The van der Waals surface area contributed by atoms with E-state index >= 15 is 0 Å². The van der Waals surface area contributed by atoms with Gasteiger partial charge < -0.3 is 20.5 Å². The molecule has 0 saturated heterocycles. The highest BCUT2D eigenvalue weighted by molar-refractivity contribution is 5.90. The molecule has 142 valence electrons. The lowest BCUT2D eigenvalue weighted by Gasteiger charge is -2.11. The van der Waals surface area contributed by atoms with Crippen LogP contribution >= 0.6 is 0 Å². The fourth-order valence-electron chi connectivity index (χ4n) is 2.50. The molecular formula is C20H18N4O4. The Kier molecular flexibility index (Phi) is 5.50. The summed E-state index contributed by atoms with van der Waals surface area (Å²) >= 11 is 0. The minimum absolute atomic E-state index is 0.180. The third-order valence-electron chi connectivity index (χ3n) is 3.80. The number of nitrogens with one attached hydrogen (secondary N) is 2. The smallest absolute Gasteiger partial charge is 0.337 e. The van der Waals surface area contributed by atoms with Crippen LogP contribution in [0.3, 0.4) is 0 Å². The standard InChI is InChI=1S/C20H18N4O4/c1-12-10-17(22-16-5-3-4-14(11-16)18(25)26)24-20(21-12)23-15-8-6-13(7-9-15)19(27)28-2/h3-11H,1-2H3,(H,25,26)(H2,21,22,23,24). The molecule has 0 atom stereocenters. The average molecular weight is 378 g/mol. The highest BCUT2D eigenvalue weighted by Crippen LogP contribution is 2.20. The summed E-state index contributed by atoms with van der Waals surface area (Å²) in [5.74, 6) is -0.528. The summed E-state index contributed by atoms with van der Waals surface area (Å²) in [6.07, 6.45) is 0.